The molecule has 0 amide bonds. The van der Waals surface area contributed by atoms with E-state index >= 15 is 0 Å². The Balaban J connectivity index is 1.68. The van der Waals surface area contributed by atoms with Gasteiger partial charge in [-0.3, -0.25) is 0 Å². The second-order valence-corrected chi connectivity index (χ2v) is 7.40. The Morgan fingerprint density at radius 1 is 1.17 bits per heavy atom. The summed E-state index contributed by atoms with van der Waals surface area (Å²) in [5.41, 5.74) is 1.25. The summed E-state index contributed by atoms with van der Waals surface area (Å²) in [6.07, 6.45) is -1.44. The molecule has 1 aromatic heterocycles. The summed E-state index contributed by atoms with van der Waals surface area (Å²) in [6, 6.07) is 12.2. The fourth-order valence-electron chi connectivity index (χ4n) is 2.57. The van der Waals surface area contributed by atoms with Crippen LogP contribution in [0, 0.1) is 6.92 Å². The normalized spacial score (nSPS) is 11.6. The molecule has 156 valence electrons. The standard InChI is InChI=1S/C22H18F3NO3S/c1-14-19(13-29-18-9-6-15(7-10-18)8-11-20(27)28-2)30-21(26-14)16-4-3-5-17(12-16)22(23,24)25/h3-12H,13H2,1-2H3/b11-8+. The van der Waals surface area contributed by atoms with E-state index in [2.05, 4.69) is 9.72 Å². The summed E-state index contributed by atoms with van der Waals surface area (Å²) in [6.45, 7) is 2.05. The molecule has 30 heavy (non-hydrogen) atoms. The maximum Gasteiger partial charge on any atom is 0.416 e. The lowest BCUT2D eigenvalue weighted by atomic mass is 10.1. The molecule has 0 N–H and O–H groups in total. The molecule has 3 aromatic rings. The van der Waals surface area contributed by atoms with Gasteiger partial charge in [-0.15, -0.1) is 11.3 Å². The van der Waals surface area contributed by atoms with E-state index in [1.54, 1.807) is 43.3 Å². The van der Waals surface area contributed by atoms with Crippen molar-refractivity contribution in [3.05, 3.63) is 76.3 Å². The number of benzene rings is 2. The minimum absolute atomic E-state index is 0.250. The van der Waals surface area contributed by atoms with Gasteiger partial charge in [0.15, 0.2) is 0 Å². The zero-order valence-electron chi connectivity index (χ0n) is 16.2. The van der Waals surface area contributed by atoms with Crippen LogP contribution in [0.15, 0.2) is 54.6 Å². The quantitative estimate of drug-likeness (QED) is 0.359. The first-order valence-electron chi connectivity index (χ1n) is 8.89. The first-order valence-corrected chi connectivity index (χ1v) is 9.71. The van der Waals surface area contributed by atoms with Crippen LogP contribution in [-0.4, -0.2) is 18.1 Å². The zero-order valence-corrected chi connectivity index (χ0v) is 17.0. The minimum Gasteiger partial charge on any atom is -0.488 e. The number of aryl methyl sites for hydroxylation is 1. The SMILES string of the molecule is COC(=O)/C=C/c1ccc(OCc2sc(-c3cccc(C(F)(F)F)c3)nc2C)cc1. The largest absolute Gasteiger partial charge is 0.488 e. The molecule has 0 unspecified atom stereocenters. The van der Waals surface area contributed by atoms with Crippen molar-refractivity contribution in [3.63, 3.8) is 0 Å². The number of nitrogens with zero attached hydrogens (tertiary/aromatic N) is 1. The van der Waals surface area contributed by atoms with Gasteiger partial charge in [0.1, 0.15) is 17.4 Å². The summed E-state index contributed by atoms with van der Waals surface area (Å²) < 4.78 is 49.2. The van der Waals surface area contributed by atoms with Crippen molar-refractivity contribution >= 4 is 23.4 Å². The molecule has 3 rings (SSSR count). The Hall–Kier alpha value is -3.13. The second-order valence-electron chi connectivity index (χ2n) is 6.32. The van der Waals surface area contributed by atoms with Gasteiger partial charge in [-0.1, -0.05) is 24.3 Å². The lowest BCUT2D eigenvalue weighted by Gasteiger charge is -2.07. The van der Waals surface area contributed by atoms with Crippen molar-refractivity contribution in [1.82, 2.24) is 4.98 Å². The van der Waals surface area contributed by atoms with E-state index in [1.165, 1.54) is 30.6 Å². The smallest absolute Gasteiger partial charge is 0.416 e. The van der Waals surface area contributed by atoms with E-state index < -0.39 is 17.7 Å². The van der Waals surface area contributed by atoms with Crippen molar-refractivity contribution in [2.45, 2.75) is 19.7 Å². The van der Waals surface area contributed by atoms with E-state index in [9.17, 15) is 18.0 Å². The van der Waals surface area contributed by atoms with E-state index in [1.807, 2.05) is 0 Å². The number of carbonyl (C=O) groups excluding carboxylic acids is 1. The number of esters is 1. The number of hydrogen-bond acceptors (Lipinski definition) is 5. The maximum atomic E-state index is 12.9. The second kappa shape index (κ2) is 9.13. The average Bonchev–Trinajstić information content (AvgIpc) is 3.11. The van der Waals surface area contributed by atoms with Crippen LogP contribution in [0.25, 0.3) is 16.6 Å². The van der Waals surface area contributed by atoms with E-state index in [-0.39, 0.29) is 6.61 Å². The minimum atomic E-state index is -4.40. The first kappa shape index (κ1) is 21.6. The number of ether oxygens (including phenoxy) is 2. The van der Waals surface area contributed by atoms with Gasteiger partial charge in [-0.05, 0) is 42.8 Å². The van der Waals surface area contributed by atoms with Crippen molar-refractivity contribution in [1.29, 1.82) is 0 Å². The molecule has 2 aromatic carbocycles. The number of aromatic nitrogens is 1. The van der Waals surface area contributed by atoms with Crippen molar-refractivity contribution in [3.8, 4) is 16.3 Å². The highest BCUT2D eigenvalue weighted by molar-refractivity contribution is 7.15. The summed E-state index contributed by atoms with van der Waals surface area (Å²) in [5.74, 6) is 0.186. The van der Waals surface area contributed by atoms with Crippen LogP contribution in [0.1, 0.15) is 21.7 Å². The maximum absolute atomic E-state index is 12.9. The Morgan fingerprint density at radius 2 is 1.90 bits per heavy atom. The number of thiazole rings is 1. The van der Waals surface area contributed by atoms with Gasteiger partial charge in [0, 0.05) is 11.6 Å². The molecule has 0 radical (unpaired) electrons. The van der Waals surface area contributed by atoms with Crippen LogP contribution in [0.4, 0.5) is 13.2 Å². The molecule has 0 saturated carbocycles. The fraction of sp³-hybridized carbons (Fsp3) is 0.182. The number of halogens is 3. The molecule has 0 aliphatic carbocycles. The van der Waals surface area contributed by atoms with Crippen LogP contribution in [0.2, 0.25) is 0 Å². The lowest BCUT2D eigenvalue weighted by molar-refractivity contribution is -0.137. The molecule has 0 saturated heterocycles. The predicted octanol–water partition coefficient (Wildman–Crippen LogP) is 5.90. The number of carbonyl (C=O) groups is 1. The monoisotopic (exact) mass is 433 g/mol. The van der Waals surface area contributed by atoms with Gasteiger partial charge in [0.25, 0.3) is 0 Å². The van der Waals surface area contributed by atoms with Gasteiger partial charge in [0.2, 0.25) is 0 Å². The Labute approximate surface area is 175 Å². The third kappa shape index (κ3) is 5.48. The average molecular weight is 433 g/mol. The molecule has 0 spiro atoms. The van der Waals surface area contributed by atoms with Crippen LogP contribution in [0.5, 0.6) is 5.75 Å². The molecule has 0 aliphatic heterocycles. The first-order chi connectivity index (χ1) is 14.3. The Kier molecular flexibility index (Phi) is 6.56. The molecule has 4 nitrogen and oxygen atoms in total. The van der Waals surface area contributed by atoms with E-state index in [0.717, 1.165) is 22.6 Å². The Morgan fingerprint density at radius 3 is 2.57 bits per heavy atom. The molecule has 0 bridgehead atoms. The van der Waals surface area contributed by atoms with Crippen LogP contribution in [0.3, 0.4) is 0 Å². The van der Waals surface area contributed by atoms with Gasteiger partial charge in [0.05, 0.1) is 23.2 Å². The summed E-state index contributed by atoms with van der Waals surface area (Å²) in [7, 11) is 1.31. The molecule has 0 atom stereocenters. The van der Waals surface area contributed by atoms with Crippen molar-refractivity contribution in [2.75, 3.05) is 7.11 Å². The van der Waals surface area contributed by atoms with Gasteiger partial charge in [-0.25, -0.2) is 9.78 Å². The summed E-state index contributed by atoms with van der Waals surface area (Å²) >= 11 is 1.30. The number of methoxy groups -OCH3 is 1. The van der Waals surface area contributed by atoms with Crippen molar-refractivity contribution < 1.29 is 27.4 Å². The Bertz CT molecular complexity index is 1060. The third-order valence-corrected chi connectivity index (χ3v) is 5.37. The van der Waals surface area contributed by atoms with Crippen LogP contribution >= 0.6 is 11.3 Å². The van der Waals surface area contributed by atoms with Crippen molar-refractivity contribution in [2.24, 2.45) is 0 Å². The number of rotatable bonds is 6. The van der Waals surface area contributed by atoms with Crippen LogP contribution < -0.4 is 4.74 Å². The topological polar surface area (TPSA) is 48.4 Å². The molecule has 8 heteroatoms. The van der Waals surface area contributed by atoms with E-state index in [0.29, 0.717) is 22.0 Å². The highest BCUT2D eigenvalue weighted by Crippen LogP contribution is 2.34. The van der Waals surface area contributed by atoms with Gasteiger partial charge in [-0.2, -0.15) is 13.2 Å². The molecular weight excluding hydrogens is 415 g/mol. The summed E-state index contributed by atoms with van der Waals surface area (Å²) in [4.78, 5) is 16.3. The molecule has 0 fully saturated rings. The lowest BCUT2D eigenvalue weighted by Crippen LogP contribution is -2.04. The predicted molar refractivity (Wildman–Crippen MR) is 109 cm³/mol. The van der Waals surface area contributed by atoms with E-state index in [4.69, 9.17) is 4.74 Å². The van der Waals surface area contributed by atoms with Gasteiger partial charge < -0.3 is 9.47 Å². The highest BCUT2D eigenvalue weighted by Gasteiger charge is 2.30. The molecular formula is C22H18F3NO3S. The third-order valence-electron chi connectivity index (χ3n) is 4.19. The number of alkyl halides is 3. The van der Waals surface area contributed by atoms with Gasteiger partial charge >= 0.3 is 12.1 Å². The summed E-state index contributed by atoms with van der Waals surface area (Å²) in [5, 5.41) is 0.514. The number of hydrogen-bond donors (Lipinski definition) is 0. The molecule has 0 aliphatic rings. The molecule has 1 heterocycles. The zero-order chi connectivity index (χ0) is 21.7. The fourth-order valence-corrected chi connectivity index (χ4v) is 3.54. The van der Waals surface area contributed by atoms with Crippen LogP contribution in [-0.2, 0) is 22.3 Å². The highest BCUT2D eigenvalue weighted by atomic mass is 32.1.